The fourth-order valence-corrected chi connectivity index (χ4v) is 6.43. The largest absolute Gasteiger partial charge is 0.416 e. The van der Waals surface area contributed by atoms with Gasteiger partial charge in [-0.15, -0.1) is 0 Å². The number of pyridine rings is 1. The zero-order chi connectivity index (χ0) is 28.6. The Morgan fingerprint density at radius 2 is 1.77 bits per heavy atom. The van der Waals surface area contributed by atoms with E-state index in [1.807, 2.05) is 23.1 Å². The van der Waals surface area contributed by atoms with Crippen LogP contribution < -0.4 is 14.1 Å². The summed E-state index contributed by atoms with van der Waals surface area (Å²) in [7, 11) is 0.440. The zero-order valence-electron chi connectivity index (χ0n) is 21.8. The second-order valence-electron chi connectivity index (χ2n) is 9.48. The first kappa shape index (κ1) is 28.7. The number of hydrogen-bond acceptors (Lipinski definition) is 6. The first-order valence-electron chi connectivity index (χ1n) is 12.5. The number of anilines is 3. The van der Waals surface area contributed by atoms with Crippen LogP contribution in [0.3, 0.4) is 0 Å². The van der Waals surface area contributed by atoms with E-state index < -0.39 is 22.7 Å². The van der Waals surface area contributed by atoms with Gasteiger partial charge in [0.1, 0.15) is 22.0 Å². The lowest BCUT2D eigenvalue weighted by atomic mass is 10.1. The Balaban J connectivity index is 1.24. The summed E-state index contributed by atoms with van der Waals surface area (Å²) in [4.78, 5) is 22.2. The molecule has 2 aliphatic heterocycles. The molecule has 2 aliphatic rings. The highest BCUT2D eigenvalue weighted by Gasteiger charge is 2.33. The summed E-state index contributed by atoms with van der Waals surface area (Å²) < 4.78 is 55.4. The lowest BCUT2D eigenvalue weighted by Crippen LogP contribution is -2.43. The molecule has 40 heavy (non-hydrogen) atoms. The molecule has 1 aromatic heterocycles. The van der Waals surface area contributed by atoms with Crippen LogP contribution >= 0.6 is 23.5 Å². The van der Waals surface area contributed by atoms with E-state index in [-0.39, 0.29) is 16.9 Å². The van der Waals surface area contributed by atoms with Crippen LogP contribution in [0.2, 0.25) is 5.15 Å². The molecule has 1 fully saturated rings. The molecule has 0 aliphatic carbocycles. The quantitative estimate of drug-likeness (QED) is 0.271. The molecule has 1 atom stereocenters. The Morgan fingerprint density at radius 3 is 2.48 bits per heavy atom. The second-order valence-corrected chi connectivity index (χ2v) is 12.4. The molecule has 1 amide bonds. The summed E-state index contributed by atoms with van der Waals surface area (Å²) >= 11 is 7.46. The molecule has 3 aromatic rings. The summed E-state index contributed by atoms with van der Waals surface area (Å²) in [6.45, 7) is 2.85. The number of nitrogens with zero attached hydrogens (tertiary/aromatic N) is 5. The molecule has 0 N–H and O–H groups in total. The number of hydrogen-bond donors (Lipinski definition) is 0. The number of benzene rings is 2. The lowest BCUT2D eigenvalue weighted by molar-refractivity contribution is -0.137. The van der Waals surface area contributed by atoms with E-state index in [9.17, 15) is 22.2 Å². The number of fused-ring (bicyclic) bond motifs is 1. The van der Waals surface area contributed by atoms with E-state index in [4.69, 9.17) is 11.6 Å². The monoisotopic (exact) mass is 609 g/mol. The third-order valence-corrected chi connectivity index (χ3v) is 9.21. The topological polar surface area (TPSA) is 60.0 Å². The van der Waals surface area contributed by atoms with Gasteiger partial charge < -0.3 is 9.80 Å². The van der Waals surface area contributed by atoms with Crippen molar-refractivity contribution in [3.05, 3.63) is 76.4 Å². The van der Waals surface area contributed by atoms with Crippen molar-refractivity contribution in [1.82, 2.24) is 9.29 Å². The summed E-state index contributed by atoms with van der Waals surface area (Å²) in [5, 5.41) is -0.178. The molecule has 1 unspecified atom stereocenters. The molecule has 0 radical (unpaired) electrons. The minimum absolute atomic E-state index is 0.133. The Bertz CT molecular complexity index is 1450. The van der Waals surface area contributed by atoms with Crippen LogP contribution in [0.1, 0.15) is 21.5 Å². The van der Waals surface area contributed by atoms with Crippen LogP contribution in [-0.4, -0.2) is 65.4 Å². The first-order chi connectivity index (χ1) is 19.0. The van der Waals surface area contributed by atoms with E-state index >= 15 is 0 Å². The number of para-hydroxylation sites is 1. The van der Waals surface area contributed by atoms with Gasteiger partial charge in [0, 0.05) is 56.6 Å². The van der Waals surface area contributed by atoms with Gasteiger partial charge in [0.2, 0.25) is 0 Å². The Kier molecular flexibility index (Phi) is 8.32. The normalized spacial score (nSPS) is 16.6. The van der Waals surface area contributed by atoms with E-state index in [0.717, 1.165) is 34.7 Å². The molecule has 7 nitrogen and oxygen atoms in total. The van der Waals surface area contributed by atoms with Crippen LogP contribution in [0.15, 0.2) is 59.5 Å². The molecule has 1 saturated heterocycles. The van der Waals surface area contributed by atoms with Gasteiger partial charge in [-0.3, -0.25) is 9.10 Å². The van der Waals surface area contributed by atoms with E-state index in [1.54, 1.807) is 52.7 Å². The Hall–Kier alpha value is -2.80. The predicted octanol–water partition coefficient (Wildman–Crippen LogP) is 5.52. The number of halogens is 4. The van der Waals surface area contributed by atoms with Crippen LogP contribution in [0.4, 0.5) is 30.4 Å². The van der Waals surface area contributed by atoms with Gasteiger partial charge in [0.05, 0.1) is 16.8 Å². The van der Waals surface area contributed by atoms with E-state index in [1.165, 1.54) is 0 Å². The van der Waals surface area contributed by atoms with Crippen molar-refractivity contribution in [2.45, 2.75) is 17.5 Å². The second kappa shape index (κ2) is 11.6. The molecule has 0 bridgehead atoms. The fraction of sp³-hybridized carbons (Fsp3) is 0.333. The molecule has 3 heterocycles. The van der Waals surface area contributed by atoms with Crippen molar-refractivity contribution in [1.29, 1.82) is 0 Å². The lowest BCUT2D eigenvalue weighted by Gasteiger charge is -2.34. The minimum Gasteiger partial charge on any atom is -0.354 e. The van der Waals surface area contributed by atoms with E-state index in [2.05, 4.69) is 15.4 Å². The Morgan fingerprint density at radius 1 is 1.05 bits per heavy atom. The van der Waals surface area contributed by atoms with Crippen LogP contribution in [0.5, 0.6) is 0 Å². The summed E-state index contributed by atoms with van der Waals surface area (Å²) in [6.07, 6.45) is -2.19. The van der Waals surface area contributed by atoms with Gasteiger partial charge >= 0.3 is 6.18 Å². The Labute approximate surface area is 242 Å². The van der Waals surface area contributed by atoms with E-state index in [0.29, 0.717) is 44.0 Å². The molecule has 2 aromatic carbocycles. The van der Waals surface area contributed by atoms with Crippen molar-refractivity contribution in [3.8, 4) is 0 Å². The van der Waals surface area contributed by atoms with Gasteiger partial charge in [-0.25, -0.2) is 13.5 Å². The van der Waals surface area contributed by atoms with Crippen LogP contribution in [0, 0.1) is 0 Å². The smallest absolute Gasteiger partial charge is 0.354 e. The van der Waals surface area contributed by atoms with Crippen molar-refractivity contribution < 1.29 is 22.2 Å². The average Bonchev–Trinajstić information content (AvgIpc) is 3.35. The number of aromatic nitrogens is 1. The number of carbonyl (C=O) groups is 1. The fourth-order valence-electron chi connectivity index (χ4n) is 4.83. The molecule has 13 heteroatoms. The highest BCUT2D eigenvalue weighted by atomic mass is 35.5. The molecular formula is C27H27ClF3N5O2S2. The molecular weight excluding hydrogens is 583 g/mol. The van der Waals surface area contributed by atoms with Crippen LogP contribution in [-0.2, 0) is 23.6 Å². The van der Waals surface area contributed by atoms with Crippen molar-refractivity contribution in [2.24, 2.45) is 0 Å². The number of carbonyl (C=O) groups excluding carboxylic acids is 1. The molecule has 212 valence electrons. The number of alkyl halides is 3. The maximum absolute atomic E-state index is 13.5. The van der Waals surface area contributed by atoms with Gasteiger partial charge in [0.25, 0.3) is 5.91 Å². The average molecular weight is 610 g/mol. The summed E-state index contributed by atoms with van der Waals surface area (Å²) in [5.41, 5.74) is 2.25. The van der Waals surface area contributed by atoms with Crippen molar-refractivity contribution in [3.63, 3.8) is 0 Å². The van der Waals surface area contributed by atoms with Crippen molar-refractivity contribution >= 4 is 57.6 Å². The summed E-state index contributed by atoms with van der Waals surface area (Å²) in [6, 6.07) is 15.1. The molecule has 0 saturated carbocycles. The van der Waals surface area contributed by atoms with Crippen molar-refractivity contribution in [2.75, 3.05) is 60.1 Å². The number of rotatable bonds is 6. The maximum atomic E-state index is 13.5. The standard InChI is InChI=1S/C27H27ClF3N5O2S2/c1-33(40(2)38)23-6-4-3-5-21(23)26(37)36-10-9-18-15-20(7-8-22(18)36)39-35-13-11-34(12-14-35)25-17-19(27(29,30)31)16-24(28)32-25/h3-8,15-17H,9-14H2,1-2H3. The van der Waals surface area contributed by atoms with Crippen LogP contribution in [0.25, 0.3) is 0 Å². The third-order valence-electron chi connectivity index (χ3n) is 6.96. The van der Waals surface area contributed by atoms with Gasteiger partial charge in [-0.05, 0) is 66.4 Å². The third kappa shape index (κ3) is 6.09. The predicted molar refractivity (Wildman–Crippen MR) is 155 cm³/mol. The molecule has 5 rings (SSSR count). The SMILES string of the molecule is CN(c1ccccc1C(=O)N1CCc2cc(SN3CCN(c4cc(C(F)(F)F)cc(Cl)n4)CC3)ccc21)S(C)=O. The highest BCUT2D eigenvalue weighted by Crippen LogP contribution is 2.36. The first-order valence-corrected chi connectivity index (χ1v) is 15.2. The number of amides is 1. The van der Waals surface area contributed by atoms with Gasteiger partial charge in [-0.2, -0.15) is 13.2 Å². The minimum atomic E-state index is -4.48. The molecule has 0 spiro atoms. The number of piperazine rings is 1. The zero-order valence-corrected chi connectivity index (χ0v) is 24.2. The van der Waals surface area contributed by atoms with Gasteiger partial charge in [-0.1, -0.05) is 23.7 Å². The summed E-state index contributed by atoms with van der Waals surface area (Å²) in [5.74, 6) is 0.0937. The maximum Gasteiger partial charge on any atom is 0.416 e. The highest BCUT2D eigenvalue weighted by molar-refractivity contribution is 7.97. The van der Waals surface area contributed by atoms with Gasteiger partial charge in [0.15, 0.2) is 0 Å².